The molecule has 0 atom stereocenters. The molecule has 84 valence electrons. The summed E-state index contributed by atoms with van der Waals surface area (Å²) in [5, 5.41) is 0. The molecular formula is C12H13BrN2O. The molecule has 0 spiro atoms. The molecule has 0 heterocycles. The maximum atomic E-state index is 10.6. The van der Waals surface area contributed by atoms with Crippen LogP contribution < -0.4 is 5.73 Å². The van der Waals surface area contributed by atoms with Crippen molar-refractivity contribution in [1.82, 2.24) is 0 Å². The average Bonchev–Trinajstić information content (AvgIpc) is 2.72. The third-order valence-corrected chi connectivity index (χ3v) is 3.95. The Morgan fingerprint density at radius 1 is 1.38 bits per heavy atom. The fourth-order valence-corrected chi connectivity index (χ4v) is 2.59. The lowest BCUT2D eigenvalue weighted by atomic mass is 9.89. The van der Waals surface area contributed by atoms with Gasteiger partial charge in [-0.15, -0.1) is 0 Å². The number of aliphatic imine (C=N–C) groups is 1. The molecule has 1 saturated carbocycles. The number of rotatable bonds is 2. The highest BCUT2D eigenvalue weighted by molar-refractivity contribution is 9.10. The Bertz CT molecular complexity index is 446. The van der Waals surface area contributed by atoms with Crippen molar-refractivity contribution in [1.29, 1.82) is 0 Å². The summed E-state index contributed by atoms with van der Waals surface area (Å²) in [6.07, 6.45) is 5.71. The lowest BCUT2D eigenvalue weighted by Gasteiger charge is -2.23. The molecular weight excluding hydrogens is 268 g/mol. The van der Waals surface area contributed by atoms with Gasteiger partial charge in [-0.3, -0.25) is 0 Å². The number of hydrogen-bond acceptors (Lipinski definition) is 3. The van der Waals surface area contributed by atoms with E-state index in [-0.39, 0.29) is 5.54 Å². The lowest BCUT2D eigenvalue weighted by molar-refractivity contribution is 0.456. The van der Waals surface area contributed by atoms with Crippen LogP contribution in [0.4, 0.5) is 5.69 Å². The first kappa shape index (κ1) is 11.4. The highest BCUT2D eigenvalue weighted by Gasteiger charge is 2.35. The van der Waals surface area contributed by atoms with Crippen molar-refractivity contribution >= 4 is 27.7 Å². The molecule has 0 aliphatic heterocycles. The average molecular weight is 281 g/mol. The molecule has 0 saturated heterocycles. The van der Waals surface area contributed by atoms with Crippen LogP contribution in [0.5, 0.6) is 0 Å². The summed E-state index contributed by atoms with van der Waals surface area (Å²) >= 11 is 3.36. The van der Waals surface area contributed by atoms with E-state index in [1.165, 1.54) is 0 Å². The van der Waals surface area contributed by atoms with Crippen molar-refractivity contribution < 1.29 is 4.79 Å². The Hall–Kier alpha value is -1.12. The Kier molecular flexibility index (Phi) is 3.13. The zero-order chi connectivity index (χ0) is 11.6. The zero-order valence-electron chi connectivity index (χ0n) is 8.87. The van der Waals surface area contributed by atoms with Gasteiger partial charge in [0, 0.05) is 10.2 Å². The smallest absolute Gasteiger partial charge is 0.235 e. The number of nitrogens with zero attached hydrogens (tertiary/aromatic N) is 1. The second kappa shape index (κ2) is 4.40. The minimum Gasteiger partial charge on any atom is -0.398 e. The molecule has 2 N–H and O–H groups in total. The van der Waals surface area contributed by atoms with Crippen LogP contribution in [0.3, 0.4) is 0 Å². The number of isocyanates is 1. The molecule has 4 heteroatoms. The van der Waals surface area contributed by atoms with Crippen molar-refractivity contribution in [3.63, 3.8) is 0 Å². The van der Waals surface area contributed by atoms with Crippen LogP contribution in [0.2, 0.25) is 0 Å². The standard InChI is InChI=1S/C12H13BrN2O/c13-10-4-3-9(7-11(10)14)12(15-8-16)5-1-2-6-12/h3-4,7H,1-2,5-6,14H2. The van der Waals surface area contributed by atoms with Crippen molar-refractivity contribution in [3.8, 4) is 0 Å². The third-order valence-electron chi connectivity index (χ3n) is 3.22. The van der Waals surface area contributed by atoms with Gasteiger partial charge in [-0.05, 0) is 46.5 Å². The van der Waals surface area contributed by atoms with E-state index in [1.807, 2.05) is 18.2 Å². The van der Waals surface area contributed by atoms with Gasteiger partial charge in [0.1, 0.15) is 0 Å². The molecule has 16 heavy (non-hydrogen) atoms. The van der Waals surface area contributed by atoms with Crippen LogP contribution in [0.25, 0.3) is 0 Å². The number of nitrogens with two attached hydrogens (primary N) is 1. The van der Waals surface area contributed by atoms with Crippen LogP contribution in [0.15, 0.2) is 27.7 Å². The molecule has 1 fully saturated rings. The maximum absolute atomic E-state index is 10.6. The monoisotopic (exact) mass is 280 g/mol. The number of anilines is 1. The van der Waals surface area contributed by atoms with E-state index in [4.69, 9.17) is 5.73 Å². The first-order valence-corrected chi connectivity index (χ1v) is 6.12. The fourth-order valence-electron chi connectivity index (χ4n) is 2.35. The normalized spacial score (nSPS) is 18.1. The summed E-state index contributed by atoms with van der Waals surface area (Å²) in [6, 6.07) is 5.79. The van der Waals surface area contributed by atoms with Crippen molar-refractivity contribution in [2.45, 2.75) is 31.2 Å². The molecule has 1 aliphatic rings. The first-order valence-electron chi connectivity index (χ1n) is 5.32. The van der Waals surface area contributed by atoms with Gasteiger partial charge in [-0.25, -0.2) is 4.79 Å². The van der Waals surface area contributed by atoms with Crippen molar-refractivity contribution in [2.24, 2.45) is 4.99 Å². The van der Waals surface area contributed by atoms with Crippen molar-refractivity contribution in [3.05, 3.63) is 28.2 Å². The molecule has 0 aromatic heterocycles. The Morgan fingerprint density at radius 3 is 2.62 bits per heavy atom. The second-order valence-corrected chi connectivity index (χ2v) is 5.03. The second-order valence-electron chi connectivity index (χ2n) is 4.18. The first-order chi connectivity index (χ1) is 7.68. The van der Waals surface area contributed by atoms with Crippen LogP contribution in [-0.4, -0.2) is 6.08 Å². The van der Waals surface area contributed by atoms with E-state index in [2.05, 4.69) is 20.9 Å². The number of nitrogen functional groups attached to an aromatic ring is 1. The molecule has 3 nitrogen and oxygen atoms in total. The number of carbonyl (C=O) groups excluding carboxylic acids is 1. The zero-order valence-corrected chi connectivity index (χ0v) is 10.5. The highest BCUT2D eigenvalue weighted by Crippen LogP contribution is 2.43. The fraction of sp³-hybridized carbons (Fsp3) is 0.417. The summed E-state index contributed by atoms with van der Waals surface area (Å²) in [5.74, 6) is 0. The summed E-state index contributed by atoms with van der Waals surface area (Å²) in [6.45, 7) is 0. The molecule has 1 aromatic carbocycles. The largest absolute Gasteiger partial charge is 0.398 e. The quantitative estimate of drug-likeness (QED) is 0.514. The van der Waals surface area contributed by atoms with Gasteiger partial charge in [-0.2, -0.15) is 4.99 Å². The molecule has 0 bridgehead atoms. The highest BCUT2D eigenvalue weighted by atomic mass is 79.9. The lowest BCUT2D eigenvalue weighted by Crippen LogP contribution is -2.19. The third kappa shape index (κ3) is 1.91. The molecule has 0 unspecified atom stereocenters. The Balaban J connectivity index is 2.47. The summed E-state index contributed by atoms with van der Waals surface area (Å²) in [4.78, 5) is 14.6. The minimum atomic E-state index is -0.378. The maximum Gasteiger partial charge on any atom is 0.235 e. The van der Waals surface area contributed by atoms with E-state index in [0.717, 1.165) is 35.7 Å². The molecule has 1 aromatic rings. The summed E-state index contributed by atoms with van der Waals surface area (Å²) < 4.78 is 0.875. The van der Waals surface area contributed by atoms with Crippen LogP contribution in [0, 0.1) is 0 Å². The van der Waals surface area contributed by atoms with E-state index in [9.17, 15) is 4.79 Å². The van der Waals surface area contributed by atoms with Gasteiger partial charge in [-0.1, -0.05) is 18.9 Å². The van der Waals surface area contributed by atoms with Crippen LogP contribution in [-0.2, 0) is 10.3 Å². The van der Waals surface area contributed by atoms with Crippen molar-refractivity contribution in [2.75, 3.05) is 5.73 Å². The SMILES string of the molecule is Nc1cc(C2(N=C=O)CCCC2)ccc1Br. The van der Waals surface area contributed by atoms with Crippen LogP contribution >= 0.6 is 15.9 Å². The molecule has 0 radical (unpaired) electrons. The molecule has 2 rings (SSSR count). The van der Waals surface area contributed by atoms with Gasteiger partial charge in [0.15, 0.2) is 0 Å². The predicted molar refractivity (Wildman–Crippen MR) is 66.8 cm³/mol. The van der Waals surface area contributed by atoms with E-state index in [1.54, 1.807) is 6.08 Å². The molecule has 0 amide bonds. The summed E-state index contributed by atoms with van der Waals surface area (Å²) in [5.41, 5.74) is 7.19. The summed E-state index contributed by atoms with van der Waals surface area (Å²) in [7, 11) is 0. The van der Waals surface area contributed by atoms with Crippen LogP contribution in [0.1, 0.15) is 31.2 Å². The topological polar surface area (TPSA) is 55.4 Å². The predicted octanol–water partition coefficient (Wildman–Crippen LogP) is 3.14. The van der Waals surface area contributed by atoms with Gasteiger partial charge < -0.3 is 5.73 Å². The van der Waals surface area contributed by atoms with Gasteiger partial charge in [0.05, 0.1) is 5.54 Å². The Morgan fingerprint density at radius 2 is 2.06 bits per heavy atom. The van der Waals surface area contributed by atoms with E-state index in [0.29, 0.717) is 5.69 Å². The van der Waals surface area contributed by atoms with Gasteiger partial charge in [0.2, 0.25) is 6.08 Å². The number of halogens is 1. The number of benzene rings is 1. The minimum absolute atomic E-state index is 0.378. The van der Waals surface area contributed by atoms with Gasteiger partial charge >= 0.3 is 0 Å². The van der Waals surface area contributed by atoms with E-state index < -0.39 is 0 Å². The van der Waals surface area contributed by atoms with E-state index >= 15 is 0 Å². The molecule has 1 aliphatic carbocycles. The number of hydrogen-bond donors (Lipinski definition) is 1. The Labute approximate surface area is 103 Å². The van der Waals surface area contributed by atoms with Gasteiger partial charge in [0.25, 0.3) is 0 Å².